The lowest BCUT2D eigenvalue weighted by Gasteiger charge is -2.35. The fourth-order valence-electron chi connectivity index (χ4n) is 5.05. The quantitative estimate of drug-likeness (QED) is 0.174. The van der Waals surface area contributed by atoms with Crippen LogP contribution < -0.4 is 25.8 Å². The first-order valence-corrected chi connectivity index (χ1v) is 16.3. The van der Waals surface area contributed by atoms with Gasteiger partial charge in [0.05, 0.1) is 4.90 Å². The standard InChI is InChI=1S/C32H47N5O6S/c1-19-12-14-23(15-13-19)35-28(38)25(36-30(39)43-31(5,6)7)11-10-18-34-29(33)37-44(40,41)27-21(3)20(2)26-24(22(27)4)16-17-32(8,9)42-26/h12-15,25H,10-11,16-18H2,1-9H3,(H,35,38)(H,36,39)(H3,33,34,37)/t25-/m0/s1. The van der Waals surface area contributed by atoms with E-state index in [-0.39, 0.29) is 29.4 Å². The molecule has 0 aromatic heterocycles. The average molecular weight is 630 g/mol. The lowest BCUT2D eigenvalue weighted by atomic mass is 9.88. The van der Waals surface area contributed by atoms with Crippen molar-refractivity contribution in [2.45, 2.75) is 110 Å². The maximum absolute atomic E-state index is 13.5. The van der Waals surface area contributed by atoms with Crippen LogP contribution in [-0.4, -0.2) is 50.2 Å². The molecule has 0 unspecified atom stereocenters. The molecule has 2 aromatic rings. The lowest BCUT2D eigenvalue weighted by Crippen LogP contribution is -2.46. The van der Waals surface area contributed by atoms with E-state index >= 15 is 0 Å². The third-order valence-electron chi connectivity index (χ3n) is 7.43. The van der Waals surface area contributed by atoms with Gasteiger partial charge in [0, 0.05) is 12.2 Å². The number of anilines is 1. The largest absolute Gasteiger partial charge is 0.487 e. The first-order chi connectivity index (χ1) is 20.3. The van der Waals surface area contributed by atoms with E-state index < -0.39 is 33.7 Å². The highest BCUT2D eigenvalue weighted by Gasteiger charge is 2.33. The number of aliphatic imine (C=N–C) groups is 1. The molecule has 1 atom stereocenters. The molecule has 2 aromatic carbocycles. The fourth-order valence-corrected chi connectivity index (χ4v) is 6.58. The summed E-state index contributed by atoms with van der Waals surface area (Å²) < 4.78 is 40.9. The molecule has 44 heavy (non-hydrogen) atoms. The third-order valence-corrected chi connectivity index (χ3v) is 9.06. The molecule has 0 fully saturated rings. The number of amides is 2. The number of sulfonamides is 1. The lowest BCUT2D eigenvalue weighted by molar-refractivity contribution is -0.118. The van der Waals surface area contributed by atoms with Gasteiger partial charge in [0.25, 0.3) is 10.0 Å². The van der Waals surface area contributed by atoms with Crippen LogP contribution in [0, 0.1) is 27.7 Å². The minimum Gasteiger partial charge on any atom is -0.487 e. The smallest absolute Gasteiger partial charge is 0.408 e. The molecule has 11 nitrogen and oxygen atoms in total. The molecule has 3 rings (SSSR count). The molecular formula is C32H47N5O6S. The summed E-state index contributed by atoms with van der Waals surface area (Å²) in [6.07, 6.45) is 1.29. The zero-order chi connectivity index (χ0) is 33.0. The van der Waals surface area contributed by atoms with Crippen LogP contribution in [0.5, 0.6) is 5.75 Å². The van der Waals surface area contributed by atoms with Gasteiger partial charge in [-0.25, -0.2) is 17.9 Å². The number of alkyl carbamates (subject to hydrolysis) is 1. The zero-order valence-corrected chi connectivity index (χ0v) is 28.1. The van der Waals surface area contributed by atoms with Crippen molar-refractivity contribution < 1.29 is 27.5 Å². The number of carbonyl (C=O) groups is 2. The summed E-state index contributed by atoms with van der Waals surface area (Å²) in [5.74, 6) is 0.0635. The van der Waals surface area contributed by atoms with Gasteiger partial charge in [0.1, 0.15) is 23.0 Å². The van der Waals surface area contributed by atoms with Crippen molar-refractivity contribution in [2.24, 2.45) is 10.7 Å². The zero-order valence-electron chi connectivity index (χ0n) is 27.3. The van der Waals surface area contributed by atoms with Crippen LogP contribution in [-0.2, 0) is 26.0 Å². The van der Waals surface area contributed by atoms with E-state index in [9.17, 15) is 18.0 Å². The number of nitrogens with zero attached hydrogens (tertiary/aromatic N) is 1. The van der Waals surface area contributed by atoms with Gasteiger partial charge >= 0.3 is 6.09 Å². The Morgan fingerprint density at radius 1 is 1.07 bits per heavy atom. The van der Waals surface area contributed by atoms with Crippen molar-refractivity contribution >= 4 is 33.7 Å². The van der Waals surface area contributed by atoms with Crippen molar-refractivity contribution in [3.8, 4) is 5.75 Å². The first-order valence-electron chi connectivity index (χ1n) is 14.8. The van der Waals surface area contributed by atoms with Gasteiger partial charge in [-0.15, -0.1) is 0 Å². The second-order valence-corrected chi connectivity index (χ2v) is 14.6. The highest BCUT2D eigenvalue weighted by atomic mass is 32.2. The summed E-state index contributed by atoms with van der Waals surface area (Å²) in [4.78, 5) is 29.9. The number of aryl methyl sites for hydroxylation is 1. The number of rotatable bonds is 9. The van der Waals surface area contributed by atoms with Gasteiger partial charge in [-0.1, -0.05) is 17.7 Å². The highest BCUT2D eigenvalue weighted by molar-refractivity contribution is 7.90. The number of fused-ring (bicyclic) bond motifs is 1. The molecule has 0 bridgehead atoms. The number of benzene rings is 2. The Hall–Kier alpha value is -3.80. The van der Waals surface area contributed by atoms with Gasteiger partial charge in [-0.05, 0) is 122 Å². The summed E-state index contributed by atoms with van der Waals surface area (Å²) in [6.45, 7) is 16.7. The Bertz CT molecular complexity index is 1530. The molecule has 0 spiro atoms. The van der Waals surface area contributed by atoms with Crippen LogP contribution in [0.15, 0.2) is 34.2 Å². The SMILES string of the molecule is Cc1ccc(NC(=O)[C@H](CCCN=C(N)NS(=O)(=O)c2c(C)c(C)c3c(c2C)CCC(C)(C)O3)NC(=O)OC(C)(C)C)cc1. The van der Waals surface area contributed by atoms with Crippen molar-refractivity contribution in [3.63, 3.8) is 0 Å². The molecule has 1 heterocycles. The van der Waals surface area contributed by atoms with E-state index in [1.54, 1.807) is 46.8 Å². The Kier molecular flexibility index (Phi) is 10.6. The molecule has 0 radical (unpaired) electrons. The maximum Gasteiger partial charge on any atom is 0.408 e. The van der Waals surface area contributed by atoms with E-state index in [1.165, 1.54) is 0 Å². The molecule has 242 valence electrons. The Morgan fingerprint density at radius 2 is 1.70 bits per heavy atom. The fraction of sp³-hybridized carbons (Fsp3) is 0.531. The van der Waals surface area contributed by atoms with Crippen molar-refractivity contribution in [1.29, 1.82) is 0 Å². The van der Waals surface area contributed by atoms with Crippen LogP contribution in [0.3, 0.4) is 0 Å². The molecule has 1 aliphatic heterocycles. The average Bonchev–Trinajstić information content (AvgIpc) is 2.88. The molecule has 0 saturated heterocycles. The normalized spacial score (nSPS) is 15.4. The molecule has 5 N–H and O–H groups in total. The van der Waals surface area contributed by atoms with Crippen molar-refractivity contribution in [3.05, 3.63) is 52.1 Å². The Labute approximate surface area is 261 Å². The molecule has 12 heteroatoms. The van der Waals surface area contributed by atoms with Gasteiger partial charge in [-0.3, -0.25) is 9.79 Å². The van der Waals surface area contributed by atoms with Crippen LogP contribution in [0.25, 0.3) is 0 Å². The summed E-state index contributed by atoms with van der Waals surface area (Å²) >= 11 is 0. The van der Waals surface area contributed by atoms with Gasteiger partial charge in [-0.2, -0.15) is 0 Å². The van der Waals surface area contributed by atoms with Crippen LogP contribution >= 0.6 is 0 Å². The number of hydrogen-bond acceptors (Lipinski definition) is 7. The summed E-state index contributed by atoms with van der Waals surface area (Å²) in [5.41, 5.74) is 9.47. The Morgan fingerprint density at radius 3 is 2.32 bits per heavy atom. The summed E-state index contributed by atoms with van der Waals surface area (Å²) in [7, 11) is -4.04. The monoisotopic (exact) mass is 629 g/mol. The molecule has 2 amide bonds. The van der Waals surface area contributed by atoms with Crippen molar-refractivity contribution in [1.82, 2.24) is 10.0 Å². The molecular weight excluding hydrogens is 582 g/mol. The van der Waals surface area contributed by atoms with E-state index in [1.807, 2.05) is 39.8 Å². The minimum absolute atomic E-state index is 0.114. The molecule has 1 aliphatic rings. The summed E-state index contributed by atoms with van der Waals surface area (Å²) in [5, 5.41) is 5.43. The van der Waals surface area contributed by atoms with Gasteiger partial charge < -0.3 is 25.8 Å². The van der Waals surface area contributed by atoms with Gasteiger partial charge in [0.15, 0.2) is 0 Å². The number of carbonyl (C=O) groups excluding carboxylic acids is 2. The van der Waals surface area contributed by atoms with Crippen molar-refractivity contribution in [2.75, 3.05) is 11.9 Å². The van der Waals surface area contributed by atoms with Gasteiger partial charge in [0.2, 0.25) is 11.9 Å². The van der Waals surface area contributed by atoms with E-state index in [4.69, 9.17) is 15.2 Å². The van der Waals surface area contributed by atoms with Crippen LogP contribution in [0.2, 0.25) is 0 Å². The number of hydrogen-bond donors (Lipinski definition) is 4. The van der Waals surface area contributed by atoms with E-state index in [2.05, 4.69) is 20.3 Å². The molecule has 0 aliphatic carbocycles. The topological polar surface area (TPSA) is 161 Å². The number of nitrogens with one attached hydrogen (secondary N) is 3. The van der Waals surface area contributed by atoms with E-state index in [0.717, 1.165) is 28.9 Å². The number of guanidine groups is 1. The Balaban J connectivity index is 1.70. The van der Waals surface area contributed by atoms with Crippen LogP contribution in [0.1, 0.15) is 81.7 Å². The summed E-state index contributed by atoms with van der Waals surface area (Å²) in [6, 6.07) is 6.36. The second-order valence-electron chi connectivity index (χ2n) is 12.9. The molecule has 0 saturated carbocycles. The predicted octanol–water partition coefficient (Wildman–Crippen LogP) is 4.93. The number of nitrogens with two attached hydrogens (primary N) is 1. The second kappa shape index (κ2) is 13.5. The number of ether oxygens (including phenoxy) is 2. The van der Waals surface area contributed by atoms with E-state index in [0.29, 0.717) is 29.7 Å². The first kappa shape index (κ1) is 34.7. The highest BCUT2D eigenvalue weighted by Crippen LogP contribution is 2.42. The predicted molar refractivity (Wildman–Crippen MR) is 173 cm³/mol. The maximum atomic E-state index is 13.5. The third kappa shape index (κ3) is 9.10. The van der Waals surface area contributed by atoms with Crippen LogP contribution in [0.4, 0.5) is 10.5 Å². The minimum atomic E-state index is -4.04.